The fraction of sp³-hybridized carbons (Fsp3) is 1.00. The van der Waals surface area contributed by atoms with Crippen LogP contribution in [0, 0.1) is 0 Å². The quantitative estimate of drug-likeness (QED) is 0.687. The maximum Gasteiger partial charge on any atom is 0.0189 e. The summed E-state index contributed by atoms with van der Waals surface area (Å²) in [5.41, 5.74) is 0. The van der Waals surface area contributed by atoms with E-state index in [1.165, 1.54) is 52.2 Å². The highest BCUT2D eigenvalue weighted by Gasteiger charge is 2.18. The first-order valence-electron chi connectivity index (χ1n) is 6.92. The number of nitrogens with one attached hydrogen (secondary N) is 1. The number of hydrogen-bond donors (Lipinski definition) is 1. The molecule has 1 heterocycles. The van der Waals surface area contributed by atoms with E-state index in [-0.39, 0.29) is 0 Å². The number of rotatable bonds is 7. The van der Waals surface area contributed by atoms with Gasteiger partial charge in [0.25, 0.3) is 0 Å². The molecule has 1 atom stereocenters. The Labute approximate surface area is 107 Å². The Morgan fingerprint density at radius 1 is 1.12 bits per heavy atom. The lowest BCUT2D eigenvalue weighted by Gasteiger charge is -2.36. The van der Waals surface area contributed by atoms with Gasteiger partial charge in [-0.05, 0) is 27.6 Å². The summed E-state index contributed by atoms with van der Waals surface area (Å²) in [5, 5.41) is 3.39. The van der Waals surface area contributed by atoms with Crippen LogP contribution in [-0.4, -0.2) is 87.7 Å². The third-order valence-electron chi connectivity index (χ3n) is 3.71. The van der Waals surface area contributed by atoms with Gasteiger partial charge in [0.15, 0.2) is 0 Å². The molecular formula is C13H30N4. The van der Waals surface area contributed by atoms with Crippen molar-refractivity contribution in [3.63, 3.8) is 0 Å². The molecular weight excluding hydrogens is 212 g/mol. The highest BCUT2D eigenvalue weighted by molar-refractivity contribution is 4.76. The summed E-state index contributed by atoms with van der Waals surface area (Å²) in [5.74, 6) is 0. The summed E-state index contributed by atoms with van der Waals surface area (Å²) in [6.45, 7) is 10.8. The van der Waals surface area contributed by atoms with Crippen molar-refractivity contribution < 1.29 is 0 Å². The van der Waals surface area contributed by atoms with Crippen molar-refractivity contribution in [3.05, 3.63) is 0 Å². The zero-order valence-electron chi connectivity index (χ0n) is 12.1. The second-order valence-corrected chi connectivity index (χ2v) is 5.34. The number of piperazine rings is 1. The van der Waals surface area contributed by atoms with E-state index < -0.39 is 0 Å². The molecule has 0 aromatic rings. The normalized spacial score (nSPS) is 21.0. The molecule has 4 nitrogen and oxygen atoms in total. The van der Waals surface area contributed by atoms with Crippen molar-refractivity contribution in [1.29, 1.82) is 0 Å². The van der Waals surface area contributed by atoms with Crippen LogP contribution >= 0.6 is 0 Å². The third kappa shape index (κ3) is 5.82. The summed E-state index contributed by atoms with van der Waals surface area (Å²) < 4.78 is 0. The fourth-order valence-electron chi connectivity index (χ4n) is 2.27. The minimum Gasteiger partial charge on any atom is -0.316 e. The van der Waals surface area contributed by atoms with E-state index >= 15 is 0 Å². The van der Waals surface area contributed by atoms with Crippen molar-refractivity contribution in [2.75, 3.05) is 67.0 Å². The molecule has 1 aliphatic heterocycles. The highest BCUT2D eigenvalue weighted by atomic mass is 15.3. The first kappa shape index (κ1) is 14.9. The van der Waals surface area contributed by atoms with Crippen LogP contribution in [0.4, 0.5) is 0 Å². The molecule has 0 amide bonds. The zero-order chi connectivity index (χ0) is 12.7. The van der Waals surface area contributed by atoms with E-state index in [2.05, 4.69) is 48.1 Å². The minimum absolute atomic E-state index is 0.656. The first-order valence-corrected chi connectivity index (χ1v) is 6.92. The Hall–Kier alpha value is -0.160. The van der Waals surface area contributed by atoms with Crippen molar-refractivity contribution in [1.82, 2.24) is 20.0 Å². The van der Waals surface area contributed by atoms with Gasteiger partial charge in [0.1, 0.15) is 0 Å². The SMILES string of the molecule is CCC(CN1CCN(CCN(C)C)CC1)NC. The average molecular weight is 242 g/mol. The van der Waals surface area contributed by atoms with Crippen LogP contribution in [0.2, 0.25) is 0 Å². The van der Waals surface area contributed by atoms with Gasteiger partial charge < -0.3 is 10.2 Å². The summed E-state index contributed by atoms with van der Waals surface area (Å²) in [4.78, 5) is 7.44. The Bertz CT molecular complexity index is 184. The lowest BCUT2D eigenvalue weighted by atomic mass is 10.2. The average Bonchev–Trinajstić information content (AvgIpc) is 2.34. The summed E-state index contributed by atoms with van der Waals surface area (Å²) >= 11 is 0. The smallest absolute Gasteiger partial charge is 0.0189 e. The second-order valence-electron chi connectivity index (χ2n) is 5.34. The topological polar surface area (TPSA) is 21.8 Å². The summed E-state index contributed by atoms with van der Waals surface area (Å²) in [6, 6.07) is 0.656. The predicted octanol–water partition coefficient (Wildman–Crippen LogP) is 0.164. The fourth-order valence-corrected chi connectivity index (χ4v) is 2.27. The van der Waals surface area contributed by atoms with E-state index in [1.54, 1.807) is 0 Å². The van der Waals surface area contributed by atoms with Crippen LogP contribution in [0.1, 0.15) is 13.3 Å². The molecule has 0 spiro atoms. The van der Waals surface area contributed by atoms with Gasteiger partial charge in [-0.1, -0.05) is 6.92 Å². The van der Waals surface area contributed by atoms with Crippen LogP contribution < -0.4 is 5.32 Å². The van der Waals surface area contributed by atoms with E-state index in [9.17, 15) is 0 Å². The monoisotopic (exact) mass is 242 g/mol. The standard InChI is InChI=1S/C13H30N4/c1-5-13(14-2)12-17-10-8-16(9-11-17)7-6-15(3)4/h13-14H,5-12H2,1-4H3. The van der Waals surface area contributed by atoms with Crippen molar-refractivity contribution in [3.8, 4) is 0 Å². The van der Waals surface area contributed by atoms with E-state index in [0.717, 1.165) is 0 Å². The molecule has 0 bridgehead atoms. The molecule has 1 fully saturated rings. The zero-order valence-corrected chi connectivity index (χ0v) is 12.1. The van der Waals surface area contributed by atoms with Crippen LogP contribution in [-0.2, 0) is 0 Å². The molecule has 0 radical (unpaired) electrons. The van der Waals surface area contributed by atoms with Gasteiger partial charge in [-0.15, -0.1) is 0 Å². The van der Waals surface area contributed by atoms with Gasteiger partial charge in [-0.25, -0.2) is 0 Å². The predicted molar refractivity (Wildman–Crippen MR) is 74.6 cm³/mol. The Kier molecular flexibility index (Phi) is 7.04. The Morgan fingerprint density at radius 2 is 1.71 bits per heavy atom. The molecule has 17 heavy (non-hydrogen) atoms. The van der Waals surface area contributed by atoms with Crippen LogP contribution in [0.25, 0.3) is 0 Å². The number of hydrogen-bond acceptors (Lipinski definition) is 4. The Morgan fingerprint density at radius 3 is 2.18 bits per heavy atom. The van der Waals surface area contributed by atoms with Crippen LogP contribution in [0.15, 0.2) is 0 Å². The molecule has 102 valence electrons. The molecule has 1 rings (SSSR count). The molecule has 1 saturated heterocycles. The van der Waals surface area contributed by atoms with Crippen LogP contribution in [0.3, 0.4) is 0 Å². The van der Waals surface area contributed by atoms with Gasteiger partial charge in [0, 0.05) is 51.9 Å². The minimum atomic E-state index is 0.656. The molecule has 0 aliphatic carbocycles. The lowest BCUT2D eigenvalue weighted by Crippen LogP contribution is -2.51. The molecule has 4 heteroatoms. The lowest BCUT2D eigenvalue weighted by molar-refractivity contribution is 0.117. The number of likely N-dealkylation sites (N-methyl/N-ethyl adjacent to an activating group) is 2. The van der Waals surface area contributed by atoms with Crippen LogP contribution in [0.5, 0.6) is 0 Å². The third-order valence-corrected chi connectivity index (χ3v) is 3.71. The van der Waals surface area contributed by atoms with Gasteiger partial charge >= 0.3 is 0 Å². The van der Waals surface area contributed by atoms with Gasteiger partial charge in [-0.3, -0.25) is 9.80 Å². The molecule has 1 aliphatic rings. The summed E-state index contributed by atoms with van der Waals surface area (Å²) in [7, 11) is 6.37. The van der Waals surface area contributed by atoms with E-state index in [1.807, 2.05) is 0 Å². The van der Waals surface area contributed by atoms with Gasteiger partial charge in [0.05, 0.1) is 0 Å². The van der Waals surface area contributed by atoms with E-state index in [4.69, 9.17) is 0 Å². The van der Waals surface area contributed by atoms with Crippen molar-refractivity contribution >= 4 is 0 Å². The molecule has 1 unspecified atom stereocenters. The highest BCUT2D eigenvalue weighted by Crippen LogP contribution is 2.03. The summed E-state index contributed by atoms with van der Waals surface area (Å²) in [6.07, 6.45) is 1.22. The van der Waals surface area contributed by atoms with Gasteiger partial charge in [-0.2, -0.15) is 0 Å². The van der Waals surface area contributed by atoms with E-state index in [0.29, 0.717) is 6.04 Å². The maximum atomic E-state index is 3.39. The van der Waals surface area contributed by atoms with Gasteiger partial charge in [0.2, 0.25) is 0 Å². The molecule has 0 aromatic heterocycles. The Balaban J connectivity index is 2.16. The van der Waals surface area contributed by atoms with Crippen molar-refractivity contribution in [2.45, 2.75) is 19.4 Å². The largest absolute Gasteiger partial charge is 0.316 e. The number of nitrogens with zero attached hydrogens (tertiary/aromatic N) is 3. The molecule has 0 aromatic carbocycles. The molecule has 0 saturated carbocycles. The molecule has 1 N–H and O–H groups in total. The first-order chi connectivity index (χ1) is 8.15. The second kappa shape index (κ2) is 8.03. The van der Waals surface area contributed by atoms with Crippen molar-refractivity contribution in [2.24, 2.45) is 0 Å². The maximum absolute atomic E-state index is 3.39.